The van der Waals surface area contributed by atoms with Gasteiger partial charge in [-0.25, -0.2) is 8.78 Å². The summed E-state index contributed by atoms with van der Waals surface area (Å²) in [7, 11) is 0. The second-order valence-corrected chi connectivity index (χ2v) is 2.47. The molecular formula is C6H11F2NO2. The molecule has 0 saturated carbocycles. The van der Waals surface area contributed by atoms with Crippen LogP contribution in [0.4, 0.5) is 8.78 Å². The highest BCUT2D eigenvalue weighted by atomic mass is 19.3. The summed E-state index contributed by atoms with van der Waals surface area (Å²) in [6.45, 7) is 1.39. The van der Waals surface area contributed by atoms with E-state index in [-0.39, 0.29) is 0 Å². The molecule has 11 heavy (non-hydrogen) atoms. The third-order valence-electron chi connectivity index (χ3n) is 1.45. The second-order valence-electron chi connectivity index (χ2n) is 2.47. The van der Waals surface area contributed by atoms with Gasteiger partial charge in [-0.15, -0.1) is 0 Å². The molecule has 5 heteroatoms. The van der Waals surface area contributed by atoms with E-state index < -0.39 is 30.8 Å². The molecular weight excluding hydrogens is 156 g/mol. The summed E-state index contributed by atoms with van der Waals surface area (Å²) in [6, 6.07) is -1.19. The van der Waals surface area contributed by atoms with Crippen molar-refractivity contribution in [2.45, 2.75) is 25.8 Å². The molecule has 0 aliphatic rings. The molecule has 0 aromatic rings. The van der Waals surface area contributed by atoms with Crippen LogP contribution in [0.5, 0.6) is 0 Å². The Balaban J connectivity index is 3.82. The first-order valence-corrected chi connectivity index (χ1v) is 3.21. The third kappa shape index (κ3) is 3.87. The minimum absolute atomic E-state index is 0.465. The highest BCUT2D eigenvalue weighted by molar-refractivity contribution is 5.73. The van der Waals surface area contributed by atoms with Crippen LogP contribution in [0.2, 0.25) is 0 Å². The van der Waals surface area contributed by atoms with Crippen molar-refractivity contribution in [1.82, 2.24) is 0 Å². The molecule has 0 heterocycles. The number of rotatable bonds is 4. The fraction of sp³-hybridized carbons (Fsp3) is 0.833. The maximum absolute atomic E-state index is 11.7. The van der Waals surface area contributed by atoms with E-state index in [0.29, 0.717) is 0 Å². The van der Waals surface area contributed by atoms with E-state index in [9.17, 15) is 13.6 Å². The molecule has 3 nitrogen and oxygen atoms in total. The normalized spacial score (nSPS) is 16.5. The van der Waals surface area contributed by atoms with Gasteiger partial charge >= 0.3 is 5.97 Å². The molecule has 0 saturated heterocycles. The molecule has 0 amide bonds. The number of hydrogen-bond acceptors (Lipinski definition) is 2. The van der Waals surface area contributed by atoms with Crippen LogP contribution in [0.25, 0.3) is 0 Å². The molecule has 0 bridgehead atoms. The Morgan fingerprint density at radius 1 is 1.64 bits per heavy atom. The zero-order valence-corrected chi connectivity index (χ0v) is 6.13. The first-order chi connectivity index (χ1) is 4.95. The minimum Gasteiger partial charge on any atom is -0.480 e. The average Bonchev–Trinajstić information content (AvgIpc) is 1.84. The van der Waals surface area contributed by atoms with E-state index in [1.165, 1.54) is 6.92 Å². The third-order valence-corrected chi connectivity index (χ3v) is 1.45. The molecule has 0 aromatic carbocycles. The van der Waals surface area contributed by atoms with E-state index in [2.05, 4.69) is 0 Å². The first-order valence-electron chi connectivity index (χ1n) is 3.21. The Morgan fingerprint density at radius 2 is 2.09 bits per heavy atom. The van der Waals surface area contributed by atoms with E-state index in [4.69, 9.17) is 10.8 Å². The van der Waals surface area contributed by atoms with Crippen LogP contribution in [-0.4, -0.2) is 23.5 Å². The topological polar surface area (TPSA) is 63.3 Å². The summed E-state index contributed by atoms with van der Waals surface area (Å²) < 4.78 is 23.3. The Bertz CT molecular complexity index is 141. The quantitative estimate of drug-likeness (QED) is 0.647. The number of nitrogens with two attached hydrogens (primary N) is 1. The molecule has 3 N–H and O–H groups in total. The molecule has 0 aliphatic heterocycles. The second kappa shape index (κ2) is 4.23. The van der Waals surface area contributed by atoms with Crippen molar-refractivity contribution in [3.63, 3.8) is 0 Å². The van der Waals surface area contributed by atoms with Gasteiger partial charge in [-0.1, -0.05) is 6.92 Å². The van der Waals surface area contributed by atoms with Gasteiger partial charge in [0.25, 0.3) is 0 Å². The predicted molar refractivity (Wildman–Crippen MR) is 35.4 cm³/mol. The maximum Gasteiger partial charge on any atom is 0.320 e. The molecule has 0 radical (unpaired) electrons. The molecule has 0 spiro atoms. The van der Waals surface area contributed by atoms with Crippen LogP contribution in [0, 0.1) is 5.92 Å². The van der Waals surface area contributed by atoms with E-state index in [0.717, 1.165) is 0 Å². The van der Waals surface area contributed by atoms with Gasteiger partial charge < -0.3 is 10.8 Å². The van der Waals surface area contributed by atoms with Crippen molar-refractivity contribution in [3.8, 4) is 0 Å². The van der Waals surface area contributed by atoms with Gasteiger partial charge in [-0.3, -0.25) is 4.79 Å². The molecule has 0 fully saturated rings. The van der Waals surface area contributed by atoms with E-state index >= 15 is 0 Å². The number of alkyl halides is 2. The highest BCUT2D eigenvalue weighted by Crippen LogP contribution is 2.12. The largest absolute Gasteiger partial charge is 0.480 e. The maximum atomic E-state index is 11.7. The minimum atomic E-state index is -2.49. The van der Waals surface area contributed by atoms with Crippen LogP contribution in [0.1, 0.15) is 13.3 Å². The molecule has 0 aliphatic carbocycles. The molecule has 2 atom stereocenters. The Morgan fingerprint density at radius 3 is 2.36 bits per heavy atom. The van der Waals surface area contributed by atoms with Crippen LogP contribution in [0.3, 0.4) is 0 Å². The first kappa shape index (κ1) is 10.3. The Labute approximate surface area is 63.2 Å². The average molecular weight is 167 g/mol. The number of carbonyl (C=O) groups is 1. The van der Waals surface area contributed by atoms with E-state index in [1.807, 2.05) is 0 Å². The summed E-state index contributed by atoms with van der Waals surface area (Å²) in [6.07, 6.45) is -2.96. The highest BCUT2D eigenvalue weighted by Gasteiger charge is 2.22. The van der Waals surface area contributed by atoms with Gasteiger partial charge in [0.1, 0.15) is 6.04 Å². The standard InChI is InChI=1S/C6H11F2NO2/c1-3(2-4(7)8)5(9)6(10)11/h3-5H,2,9H2,1H3,(H,10,11)/t3-,5-/m0/s1. The summed E-state index contributed by atoms with van der Waals surface area (Å²) >= 11 is 0. The Hall–Kier alpha value is -0.710. The van der Waals surface area contributed by atoms with Gasteiger partial charge in [0, 0.05) is 6.42 Å². The number of carboxylic acid groups (broad SMARTS) is 1. The smallest absolute Gasteiger partial charge is 0.320 e. The molecule has 0 unspecified atom stereocenters. The monoisotopic (exact) mass is 167 g/mol. The van der Waals surface area contributed by atoms with Crippen molar-refractivity contribution in [3.05, 3.63) is 0 Å². The summed E-state index contributed by atoms with van der Waals surface area (Å²) in [5, 5.41) is 8.30. The van der Waals surface area contributed by atoms with E-state index in [1.54, 1.807) is 0 Å². The van der Waals surface area contributed by atoms with Crippen molar-refractivity contribution in [2.75, 3.05) is 0 Å². The lowest BCUT2D eigenvalue weighted by atomic mass is 10.00. The van der Waals surface area contributed by atoms with Gasteiger partial charge in [0.2, 0.25) is 6.43 Å². The van der Waals surface area contributed by atoms with Gasteiger partial charge in [-0.2, -0.15) is 0 Å². The molecule has 66 valence electrons. The van der Waals surface area contributed by atoms with Gasteiger partial charge in [0.05, 0.1) is 0 Å². The summed E-state index contributed by atoms with van der Waals surface area (Å²) in [5.74, 6) is -1.93. The SMILES string of the molecule is C[C@@H](CC(F)F)[C@H](N)C(=O)O. The van der Waals surface area contributed by atoms with Crippen LogP contribution in [-0.2, 0) is 4.79 Å². The fourth-order valence-corrected chi connectivity index (χ4v) is 0.671. The number of halogens is 2. The van der Waals surface area contributed by atoms with Crippen LogP contribution < -0.4 is 5.73 Å². The lowest BCUT2D eigenvalue weighted by molar-refractivity contribution is -0.140. The Kier molecular flexibility index (Phi) is 3.95. The van der Waals surface area contributed by atoms with Gasteiger partial charge in [0.15, 0.2) is 0 Å². The fourth-order valence-electron chi connectivity index (χ4n) is 0.671. The molecule has 0 rings (SSSR count). The van der Waals surface area contributed by atoms with Crippen molar-refractivity contribution < 1.29 is 18.7 Å². The van der Waals surface area contributed by atoms with Crippen molar-refractivity contribution >= 4 is 5.97 Å². The number of aliphatic carboxylic acids is 1. The summed E-state index contributed by atoms with van der Waals surface area (Å²) in [5.41, 5.74) is 5.08. The number of carboxylic acids is 1. The van der Waals surface area contributed by atoms with Gasteiger partial charge in [-0.05, 0) is 5.92 Å². The zero-order valence-electron chi connectivity index (χ0n) is 6.13. The van der Waals surface area contributed by atoms with Crippen molar-refractivity contribution in [1.29, 1.82) is 0 Å². The zero-order chi connectivity index (χ0) is 9.02. The predicted octanol–water partition coefficient (Wildman–Crippen LogP) is 0.690. The van der Waals surface area contributed by atoms with Crippen LogP contribution >= 0.6 is 0 Å². The molecule has 0 aromatic heterocycles. The van der Waals surface area contributed by atoms with Crippen molar-refractivity contribution in [2.24, 2.45) is 11.7 Å². The lowest BCUT2D eigenvalue weighted by Gasteiger charge is -2.14. The lowest BCUT2D eigenvalue weighted by Crippen LogP contribution is -2.37. The van der Waals surface area contributed by atoms with Crippen LogP contribution in [0.15, 0.2) is 0 Å². The number of hydrogen-bond donors (Lipinski definition) is 2. The summed E-state index contributed by atoms with van der Waals surface area (Å²) in [4.78, 5) is 10.2.